The lowest BCUT2D eigenvalue weighted by Gasteiger charge is -2.40. The molecule has 0 bridgehead atoms. The third kappa shape index (κ3) is 4.68. The van der Waals surface area contributed by atoms with Crippen molar-refractivity contribution < 1.29 is 13.2 Å². The lowest BCUT2D eigenvalue weighted by Crippen LogP contribution is -2.52. The molecule has 1 aliphatic rings. The van der Waals surface area contributed by atoms with Crippen molar-refractivity contribution >= 4 is 21.6 Å². The molecule has 0 unspecified atom stereocenters. The molecule has 7 heteroatoms. The van der Waals surface area contributed by atoms with E-state index >= 15 is 0 Å². The van der Waals surface area contributed by atoms with E-state index in [2.05, 4.69) is 5.32 Å². The van der Waals surface area contributed by atoms with Crippen molar-refractivity contribution in [1.29, 1.82) is 0 Å². The number of piperidine rings is 1. The van der Waals surface area contributed by atoms with Gasteiger partial charge in [-0.15, -0.1) is 0 Å². The van der Waals surface area contributed by atoms with E-state index in [4.69, 9.17) is 0 Å². The molecule has 6 nitrogen and oxygen atoms in total. The Balaban J connectivity index is 1.77. The Labute approximate surface area is 179 Å². The van der Waals surface area contributed by atoms with Gasteiger partial charge in [-0.05, 0) is 43.0 Å². The minimum Gasteiger partial charge on any atom is -0.378 e. The van der Waals surface area contributed by atoms with Crippen molar-refractivity contribution in [3.63, 3.8) is 0 Å². The van der Waals surface area contributed by atoms with Crippen LogP contribution in [0.5, 0.6) is 0 Å². The molecule has 1 heterocycles. The van der Waals surface area contributed by atoms with Gasteiger partial charge in [0.15, 0.2) is 0 Å². The first-order valence-corrected chi connectivity index (χ1v) is 12.0. The predicted molar refractivity (Wildman–Crippen MR) is 121 cm³/mol. The highest BCUT2D eigenvalue weighted by Crippen LogP contribution is 2.36. The molecule has 0 atom stereocenters. The van der Waals surface area contributed by atoms with Crippen LogP contribution in [0.2, 0.25) is 0 Å². The van der Waals surface area contributed by atoms with Crippen LogP contribution in [-0.2, 0) is 26.8 Å². The van der Waals surface area contributed by atoms with Crippen molar-refractivity contribution in [3.05, 3.63) is 65.7 Å². The number of carbonyl (C=O) groups excluding carboxylic acids is 1. The van der Waals surface area contributed by atoms with E-state index in [0.717, 1.165) is 16.8 Å². The molecular weight excluding hydrogens is 398 g/mol. The highest BCUT2D eigenvalue weighted by atomic mass is 32.2. The molecule has 1 aliphatic heterocycles. The third-order valence-electron chi connectivity index (χ3n) is 6.00. The van der Waals surface area contributed by atoms with Gasteiger partial charge in [-0.2, -0.15) is 0 Å². The topological polar surface area (TPSA) is 69.7 Å². The summed E-state index contributed by atoms with van der Waals surface area (Å²) in [6.45, 7) is 2.81. The van der Waals surface area contributed by atoms with Gasteiger partial charge in [0.05, 0.1) is 11.2 Å². The zero-order chi connectivity index (χ0) is 21.8. The number of hydrogen-bond acceptors (Lipinski definition) is 4. The molecule has 2 aromatic rings. The molecule has 2 aromatic carbocycles. The van der Waals surface area contributed by atoms with Crippen molar-refractivity contribution in [2.24, 2.45) is 0 Å². The second kappa shape index (κ2) is 9.18. The monoisotopic (exact) mass is 429 g/mol. The summed E-state index contributed by atoms with van der Waals surface area (Å²) >= 11 is 0. The normalized spacial score (nSPS) is 16.8. The molecule has 1 N–H and O–H groups in total. The van der Waals surface area contributed by atoms with E-state index in [1.165, 1.54) is 4.31 Å². The van der Waals surface area contributed by atoms with Gasteiger partial charge < -0.3 is 10.2 Å². The van der Waals surface area contributed by atoms with Crippen LogP contribution in [0.25, 0.3) is 0 Å². The number of benzene rings is 2. The minimum atomic E-state index is -3.25. The molecule has 30 heavy (non-hydrogen) atoms. The molecule has 1 saturated heterocycles. The Bertz CT molecular complexity index is 949. The van der Waals surface area contributed by atoms with Crippen LogP contribution in [0.1, 0.15) is 30.9 Å². The van der Waals surface area contributed by atoms with Gasteiger partial charge in [0.25, 0.3) is 0 Å². The summed E-state index contributed by atoms with van der Waals surface area (Å²) in [6, 6.07) is 17.8. The molecule has 3 rings (SSSR count). The number of hydrogen-bond donors (Lipinski definition) is 1. The summed E-state index contributed by atoms with van der Waals surface area (Å²) in [5.41, 5.74) is 2.36. The standard InChI is InChI=1S/C23H31N3O3S/c1-4-30(28,29)26-16-14-23(15-17-26,20-8-6-5-7-9-20)22(27)24-18-19-10-12-21(13-11-19)25(2)3/h5-13H,4,14-18H2,1-3H3,(H,24,27). The number of nitrogens with zero attached hydrogens (tertiary/aromatic N) is 2. The maximum absolute atomic E-state index is 13.4. The van der Waals surface area contributed by atoms with Crippen LogP contribution in [0.4, 0.5) is 5.69 Å². The van der Waals surface area contributed by atoms with Crippen LogP contribution in [0, 0.1) is 0 Å². The number of anilines is 1. The van der Waals surface area contributed by atoms with Crippen molar-refractivity contribution in [3.8, 4) is 0 Å². The first kappa shape index (κ1) is 22.3. The van der Waals surface area contributed by atoms with E-state index in [0.29, 0.717) is 32.5 Å². The second-order valence-corrected chi connectivity index (χ2v) is 10.2. The molecule has 0 saturated carbocycles. The summed E-state index contributed by atoms with van der Waals surface area (Å²) in [7, 11) is 0.735. The fourth-order valence-electron chi connectivity index (χ4n) is 4.00. The predicted octanol–water partition coefficient (Wildman–Crippen LogP) is 2.75. The van der Waals surface area contributed by atoms with Crippen LogP contribution in [0.3, 0.4) is 0 Å². The Morgan fingerprint density at radius 2 is 1.63 bits per heavy atom. The smallest absolute Gasteiger partial charge is 0.231 e. The molecular formula is C23H31N3O3S. The molecule has 0 aliphatic carbocycles. The minimum absolute atomic E-state index is 0.0427. The van der Waals surface area contributed by atoms with Gasteiger partial charge in [0.2, 0.25) is 15.9 Å². The molecule has 0 spiro atoms. The summed E-state index contributed by atoms with van der Waals surface area (Å²) in [5, 5.41) is 3.10. The van der Waals surface area contributed by atoms with Gasteiger partial charge in [-0.3, -0.25) is 4.79 Å². The van der Waals surface area contributed by atoms with E-state index in [1.54, 1.807) is 6.92 Å². The summed E-state index contributed by atoms with van der Waals surface area (Å²) in [5.74, 6) is 0.0412. The zero-order valence-electron chi connectivity index (χ0n) is 18.0. The number of sulfonamides is 1. The Morgan fingerprint density at radius 3 is 2.17 bits per heavy atom. The largest absolute Gasteiger partial charge is 0.378 e. The maximum Gasteiger partial charge on any atom is 0.231 e. The SMILES string of the molecule is CCS(=O)(=O)N1CCC(C(=O)NCc2ccc(N(C)C)cc2)(c2ccccc2)CC1. The third-order valence-corrected chi connectivity index (χ3v) is 7.88. The van der Waals surface area contributed by atoms with Gasteiger partial charge in [0, 0.05) is 39.4 Å². The van der Waals surface area contributed by atoms with E-state index in [-0.39, 0.29) is 11.7 Å². The molecule has 0 aromatic heterocycles. The second-order valence-electron chi connectivity index (χ2n) is 7.99. The first-order chi connectivity index (χ1) is 14.3. The van der Waals surface area contributed by atoms with Crippen LogP contribution in [-0.4, -0.2) is 51.6 Å². The lowest BCUT2D eigenvalue weighted by molar-refractivity contribution is -0.128. The summed E-state index contributed by atoms with van der Waals surface area (Å²) < 4.78 is 26.1. The van der Waals surface area contributed by atoms with Gasteiger partial charge in [-0.25, -0.2) is 12.7 Å². The van der Waals surface area contributed by atoms with Gasteiger partial charge >= 0.3 is 0 Å². The Hall–Kier alpha value is -2.38. The fourth-order valence-corrected chi connectivity index (χ4v) is 5.10. The molecule has 1 fully saturated rings. The van der Waals surface area contributed by atoms with E-state index in [9.17, 15) is 13.2 Å². The van der Waals surface area contributed by atoms with Gasteiger partial charge in [-0.1, -0.05) is 42.5 Å². The number of nitrogens with one attached hydrogen (secondary N) is 1. The maximum atomic E-state index is 13.4. The highest BCUT2D eigenvalue weighted by molar-refractivity contribution is 7.89. The summed E-state index contributed by atoms with van der Waals surface area (Å²) in [4.78, 5) is 15.4. The number of rotatable bonds is 7. The molecule has 162 valence electrons. The molecule has 0 radical (unpaired) electrons. The molecule has 1 amide bonds. The fraction of sp³-hybridized carbons (Fsp3) is 0.435. The Morgan fingerprint density at radius 1 is 1.03 bits per heavy atom. The van der Waals surface area contributed by atoms with Crippen LogP contribution in [0.15, 0.2) is 54.6 Å². The van der Waals surface area contributed by atoms with Crippen LogP contribution < -0.4 is 10.2 Å². The van der Waals surface area contributed by atoms with Crippen molar-refractivity contribution in [2.75, 3.05) is 37.8 Å². The Kier molecular flexibility index (Phi) is 6.83. The zero-order valence-corrected chi connectivity index (χ0v) is 18.8. The highest BCUT2D eigenvalue weighted by Gasteiger charge is 2.44. The average Bonchev–Trinajstić information content (AvgIpc) is 2.78. The average molecular weight is 430 g/mol. The van der Waals surface area contributed by atoms with Crippen molar-refractivity contribution in [2.45, 2.75) is 31.7 Å². The van der Waals surface area contributed by atoms with Crippen LogP contribution >= 0.6 is 0 Å². The van der Waals surface area contributed by atoms with E-state index < -0.39 is 15.4 Å². The number of amides is 1. The lowest BCUT2D eigenvalue weighted by atomic mass is 9.72. The van der Waals surface area contributed by atoms with Gasteiger partial charge in [0.1, 0.15) is 0 Å². The summed E-state index contributed by atoms with van der Waals surface area (Å²) in [6.07, 6.45) is 0.948. The van der Waals surface area contributed by atoms with Crippen molar-refractivity contribution in [1.82, 2.24) is 9.62 Å². The first-order valence-electron chi connectivity index (χ1n) is 10.4. The quantitative estimate of drug-likeness (QED) is 0.735. The number of carbonyl (C=O) groups is 1. The van der Waals surface area contributed by atoms with E-state index in [1.807, 2.05) is 73.6 Å².